The van der Waals surface area contributed by atoms with Gasteiger partial charge in [-0.1, -0.05) is 24.6 Å². The zero-order chi connectivity index (χ0) is 32.6. The lowest BCUT2D eigenvalue weighted by Crippen LogP contribution is -2.34. The van der Waals surface area contributed by atoms with E-state index in [1.54, 1.807) is 31.5 Å². The number of anilines is 1. The third kappa shape index (κ3) is 6.00. The van der Waals surface area contributed by atoms with Gasteiger partial charge >= 0.3 is 0 Å². The number of hydrogen-bond acceptors (Lipinski definition) is 10. The Morgan fingerprint density at radius 1 is 1.15 bits per heavy atom. The van der Waals surface area contributed by atoms with Gasteiger partial charge in [0, 0.05) is 31.9 Å². The van der Waals surface area contributed by atoms with Gasteiger partial charge in [0.1, 0.15) is 28.5 Å². The fourth-order valence-electron chi connectivity index (χ4n) is 5.56. The normalized spacial score (nSPS) is 15.7. The molecule has 1 atom stereocenters. The summed E-state index contributed by atoms with van der Waals surface area (Å²) in [6, 6.07) is 10.2. The van der Waals surface area contributed by atoms with Crippen molar-refractivity contribution in [2.75, 3.05) is 46.2 Å². The highest BCUT2D eigenvalue weighted by Crippen LogP contribution is 2.34. The summed E-state index contributed by atoms with van der Waals surface area (Å²) in [5.74, 6) is 1.40. The Morgan fingerprint density at radius 2 is 1.96 bits per heavy atom. The molecule has 1 fully saturated rings. The Labute approximate surface area is 270 Å². The number of nitrogens with one attached hydrogen (secondary N) is 3. The van der Waals surface area contributed by atoms with Gasteiger partial charge in [-0.25, -0.2) is 13.4 Å². The van der Waals surface area contributed by atoms with E-state index in [1.165, 1.54) is 16.4 Å². The molecule has 13 nitrogen and oxygen atoms in total. The van der Waals surface area contributed by atoms with Gasteiger partial charge in [0.15, 0.2) is 5.65 Å². The molecule has 6 rings (SSSR count). The van der Waals surface area contributed by atoms with Crippen LogP contribution in [-0.4, -0.2) is 89.7 Å². The Hall–Kier alpha value is -4.24. The van der Waals surface area contributed by atoms with E-state index in [1.807, 2.05) is 32.0 Å². The van der Waals surface area contributed by atoms with Crippen molar-refractivity contribution in [3.05, 3.63) is 63.5 Å². The van der Waals surface area contributed by atoms with Crippen LogP contribution < -0.4 is 20.3 Å². The van der Waals surface area contributed by atoms with E-state index in [4.69, 9.17) is 21.1 Å². The van der Waals surface area contributed by atoms with E-state index in [0.29, 0.717) is 64.9 Å². The van der Waals surface area contributed by atoms with Crippen LogP contribution in [-0.2, 0) is 16.6 Å². The molecule has 15 heteroatoms. The second-order valence-electron chi connectivity index (χ2n) is 11.3. The van der Waals surface area contributed by atoms with Crippen molar-refractivity contribution in [2.24, 2.45) is 0 Å². The molecule has 0 amide bonds. The van der Waals surface area contributed by atoms with Crippen LogP contribution in [0.15, 0.2) is 52.3 Å². The Morgan fingerprint density at radius 3 is 2.67 bits per heavy atom. The second kappa shape index (κ2) is 12.9. The molecular weight excluding hydrogens is 632 g/mol. The van der Waals surface area contributed by atoms with Gasteiger partial charge in [-0.05, 0) is 62.8 Å². The van der Waals surface area contributed by atoms with Gasteiger partial charge in [0.05, 0.1) is 40.1 Å². The lowest BCUT2D eigenvalue weighted by Gasteiger charge is -2.21. The SMILES string of the molecule is CCCOc1ccc(S(=O)(=O)N2CC[C@@H](N(C)C)C2)cc1-c1nc(=O)c2c(NCc3ccc(OC)c(Cl)c3)nc3n[nH]cc3c2[nH]1. The first-order valence-corrected chi connectivity index (χ1v) is 16.7. The minimum atomic E-state index is -3.82. The summed E-state index contributed by atoms with van der Waals surface area (Å²) in [6.07, 6.45) is 3.12. The van der Waals surface area contributed by atoms with Crippen LogP contribution in [0, 0.1) is 0 Å². The third-order valence-electron chi connectivity index (χ3n) is 8.10. The molecule has 0 unspecified atom stereocenters. The first-order chi connectivity index (χ1) is 22.1. The van der Waals surface area contributed by atoms with Gasteiger partial charge in [0.2, 0.25) is 10.0 Å². The van der Waals surface area contributed by atoms with Gasteiger partial charge in [0.25, 0.3) is 5.56 Å². The number of ether oxygens (including phenoxy) is 2. The standard InChI is InChI=1S/C31H35ClN8O5S/c1-5-12-45-24-9-7-20(46(42,43)40-11-10-19(17-40)39(2)3)14-21(24)28-35-27-22-16-34-38-29(22)36-30(26(27)31(41)37-28)33-15-18-6-8-25(44-4)23(32)13-18/h6-9,13-14,16,19H,5,10-12,15,17H2,1-4H3,(H,35,37,41)(H2,33,34,36,38)/t19-/m1/s1. The van der Waals surface area contributed by atoms with E-state index in [0.717, 1.165) is 18.4 Å². The predicted octanol–water partition coefficient (Wildman–Crippen LogP) is 4.25. The highest BCUT2D eigenvalue weighted by atomic mass is 35.5. The van der Waals surface area contributed by atoms with Crippen LogP contribution in [0.5, 0.6) is 11.5 Å². The monoisotopic (exact) mass is 666 g/mol. The van der Waals surface area contributed by atoms with Crippen LogP contribution in [0.1, 0.15) is 25.3 Å². The number of likely N-dealkylation sites (N-methyl/N-ethyl adjacent to an activating group) is 1. The molecule has 0 saturated carbocycles. The Kier molecular flexibility index (Phi) is 8.88. The number of aromatic nitrogens is 5. The number of methoxy groups -OCH3 is 1. The van der Waals surface area contributed by atoms with Crippen molar-refractivity contribution < 1.29 is 17.9 Å². The molecule has 3 N–H and O–H groups in total. The molecule has 1 aliphatic rings. The van der Waals surface area contributed by atoms with Crippen LogP contribution in [0.2, 0.25) is 5.02 Å². The summed E-state index contributed by atoms with van der Waals surface area (Å²) in [6.45, 7) is 3.49. The number of aromatic amines is 2. The quantitative estimate of drug-likeness (QED) is 0.186. The van der Waals surface area contributed by atoms with E-state index < -0.39 is 15.6 Å². The van der Waals surface area contributed by atoms with Gasteiger partial charge in [-0.3, -0.25) is 9.89 Å². The van der Waals surface area contributed by atoms with Crippen molar-refractivity contribution in [1.29, 1.82) is 0 Å². The number of nitrogens with zero attached hydrogens (tertiary/aromatic N) is 5. The lowest BCUT2D eigenvalue weighted by atomic mass is 10.1. The fraction of sp³-hybridized carbons (Fsp3) is 0.355. The third-order valence-corrected chi connectivity index (χ3v) is 10.3. The lowest BCUT2D eigenvalue weighted by molar-refractivity contribution is 0.302. The van der Waals surface area contributed by atoms with Gasteiger partial charge in [-0.15, -0.1) is 0 Å². The van der Waals surface area contributed by atoms with Crippen LogP contribution in [0.4, 0.5) is 5.82 Å². The largest absolute Gasteiger partial charge is 0.495 e. The smallest absolute Gasteiger partial charge is 0.284 e. The maximum absolute atomic E-state index is 13.8. The maximum atomic E-state index is 13.8. The maximum Gasteiger partial charge on any atom is 0.284 e. The van der Waals surface area contributed by atoms with Crippen molar-refractivity contribution in [2.45, 2.75) is 37.2 Å². The summed E-state index contributed by atoms with van der Waals surface area (Å²) >= 11 is 6.31. The van der Waals surface area contributed by atoms with Crippen molar-refractivity contribution >= 4 is 49.4 Å². The molecular formula is C31H35ClN8O5S. The zero-order valence-electron chi connectivity index (χ0n) is 25.9. The Bertz CT molecular complexity index is 2080. The van der Waals surface area contributed by atoms with Crippen molar-refractivity contribution in [1.82, 2.24) is 34.4 Å². The van der Waals surface area contributed by atoms with Crippen molar-refractivity contribution in [3.8, 4) is 22.9 Å². The first-order valence-electron chi connectivity index (χ1n) is 14.9. The van der Waals surface area contributed by atoms with E-state index in [9.17, 15) is 13.2 Å². The minimum absolute atomic E-state index is 0.0946. The highest BCUT2D eigenvalue weighted by molar-refractivity contribution is 7.89. The molecule has 1 aliphatic heterocycles. The highest BCUT2D eigenvalue weighted by Gasteiger charge is 2.34. The molecule has 0 aliphatic carbocycles. The summed E-state index contributed by atoms with van der Waals surface area (Å²) in [5, 5.41) is 11.5. The molecule has 3 aromatic heterocycles. The Balaban J connectivity index is 1.43. The number of halogens is 1. The molecule has 46 heavy (non-hydrogen) atoms. The number of fused-ring (bicyclic) bond motifs is 3. The minimum Gasteiger partial charge on any atom is -0.495 e. The van der Waals surface area contributed by atoms with Gasteiger partial charge in [-0.2, -0.15) is 14.4 Å². The van der Waals surface area contributed by atoms with E-state index >= 15 is 0 Å². The van der Waals surface area contributed by atoms with Gasteiger partial charge < -0.3 is 24.7 Å². The molecule has 0 bridgehead atoms. The van der Waals surface area contributed by atoms with E-state index in [-0.39, 0.29) is 28.0 Å². The molecule has 242 valence electrons. The van der Waals surface area contributed by atoms with Crippen molar-refractivity contribution in [3.63, 3.8) is 0 Å². The molecule has 0 spiro atoms. The number of rotatable bonds is 11. The van der Waals surface area contributed by atoms with Crippen LogP contribution >= 0.6 is 11.6 Å². The fourth-order valence-corrected chi connectivity index (χ4v) is 7.36. The summed E-state index contributed by atoms with van der Waals surface area (Å²) in [5.41, 5.74) is 1.45. The molecule has 1 saturated heterocycles. The number of pyridine rings is 1. The topological polar surface area (TPSA) is 158 Å². The molecule has 2 aromatic carbocycles. The van der Waals surface area contributed by atoms with E-state index in [2.05, 4.69) is 30.5 Å². The second-order valence-corrected chi connectivity index (χ2v) is 13.7. The summed E-state index contributed by atoms with van der Waals surface area (Å²) < 4.78 is 40.2. The summed E-state index contributed by atoms with van der Waals surface area (Å²) in [4.78, 5) is 28.1. The summed E-state index contributed by atoms with van der Waals surface area (Å²) in [7, 11) is 1.62. The average molecular weight is 667 g/mol. The number of H-pyrrole nitrogens is 2. The zero-order valence-corrected chi connectivity index (χ0v) is 27.5. The van der Waals surface area contributed by atoms with Crippen LogP contribution in [0.25, 0.3) is 33.3 Å². The molecule has 0 radical (unpaired) electrons. The average Bonchev–Trinajstić information content (AvgIpc) is 3.74. The predicted molar refractivity (Wildman–Crippen MR) is 177 cm³/mol. The first kappa shape index (κ1) is 31.7. The number of hydrogen-bond donors (Lipinski definition) is 3. The number of benzene rings is 2. The molecule has 4 heterocycles. The number of sulfonamides is 1. The molecule has 5 aromatic rings. The van der Waals surface area contributed by atoms with Crippen LogP contribution in [0.3, 0.4) is 0 Å².